The van der Waals surface area contributed by atoms with Crippen molar-refractivity contribution in [3.8, 4) is 0 Å². The zero-order valence-corrected chi connectivity index (χ0v) is 14.7. The van der Waals surface area contributed by atoms with E-state index in [9.17, 15) is 9.59 Å². The second-order valence-electron chi connectivity index (χ2n) is 6.70. The molecular weight excluding hydrogens is 310 g/mol. The number of nitrogens with one attached hydrogen (secondary N) is 1. The van der Waals surface area contributed by atoms with Gasteiger partial charge in [-0.2, -0.15) is 0 Å². The summed E-state index contributed by atoms with van der Waals surface area (Å²) < 4.78 is 10.2. The van der Waals surface area contributed by atoms with Crippen LogP contribution >= 0.6 is 0 Å². The van der Waals surface area contributed by atoms with Crippen LogP contribution in [0.1, 0.15) is 49.3 Å². The third-order valence-electron chi connectivity index (χ3n) is 3.69. The smallest absolute Gasteiger partial charge is 0.410 e. The van der Waals surface area contributed by atoms with E-state index in [2.05, 4.69) is 15.0 Å². The number of methoxy groups -OCH3 is 1. The summed E-state index contributed by atoms with van der Waals surface area (Å²) in [6, 6.07) is 3.29. The van der Waals surface area contributed by atoms with Gasteiger partial charge in [0.05, 0.1) is 13.2 Å². The highest BCUT2D eigenvalue weighted by Crippen LogP contribution is 2.27. The number of carbonyl (C=O) groups excluding carboxylic acids is 2. The standard InChI is InChI=1S/C17H25N3O4/c1-17(2,3)24-16(22)20-10-9-18-8-7-14(20)12-5-6-13(19-11-12)15(21)23-4/h5-6,11,14,18H,7-10H2,1-4H3. The largest absolute Gasteiger partial charge is 0.464 e. The molecule has 1 atom stereocenters. The monoisotopic (exact) mass is 335 g/mol. The van der Waals surface area contributed by atoms with Crippen molar-refractivity contribution >= 4 is 12.1 Å². The number of ether oxygens (including phenoxy) is 2. The third kappa shape index (κ3) is 4.67. The van der Waals surface area contributed by atoms with Crippen molar-refractivity contribution < 1.29 is 19.1 Å². The molecule has 1 fully saturated rings. The van der Waals surface area contributed by atoms with Crippen LogP contribution in [0.2, 0.25) is 0 Å². The number of aromatic nitrogens is 1. The molecule has 1 aliphatic rings. The van der Waals surface area contributed by atoms with Crippen LogP contribution < -0.4 is 5.32 Å². The van der Waals surface area contributed by atoms with Crippen molar-refractivity contribution in [3.05, 3.63) is 29.6 Å². The lowest BCUT2D eigenvalue weighted by molar-refractivity contribution is 0.0170. The van der Waals surface area contributed by atoms with E-state index in [1.54, 1.807) is 17.2 Å². The Bertz CT molecular complexity index is 580. The van der Waals surface area contributed by atoms with E-state index in [1.807, 2.05) is 26.8 Å². The lowest BCUT2D eigenvalue weighted by Crippen LogP contribution is -2.40. The van der Waals surface area contributed by atoms with E-state index in [0.29, 0.717) is 13.1 Å². The molecule has 1 saturated heterocycles. The Balaban J connectivity index is 2.22. The zero-order valence-electron chi connectivity index (χ0n) is 14.7. The summed E-state index contributed by atoms with van der Waals surface area (Å²) in [5, 5.41) is 3.29. The number of hydrogen-bond acceptors (Lipinski definition) is 6. The van der Waals surface area contributed by atoms with Crippen LogP contribution in [0.3, 0.4) is 0 Å². The first kappa shape index (κ1) is 18.2. The number of rotatable bonds is 2. The Kier molecular flexibility index (Phi) is 5.77. The summed E-state index contributed by atoms with van der Waals surface area (Å²) in [5.41, 5.74) is 0.572. The molecule has 0 saturated carbocycles. The number of carbonyl (C=O) groups is 2. The van der Waals surface area contributed by atoms with Gasteiger partial charge in [-0.3, -0.25) is 4.90 Å². The Morgan fingerprint density at radius 2 is 2.04 bits per heavy atom. The summed E-state index contributed by atoms with van der Waals surface area (Å²) in [4.78, 5) is 29.9. The molecule has 7 heteroatoms. The fourth-order valence-corrected chi connectivity index (χ4v) is 2.59. The Morgan fingerprint density at radius 1 is 1.29 bits per heavy atom. The van der Waals surface area contributed by atoms with E-state index in [4.69, 9.17) is 4.74 Å². The third-order valence-corrected chi connectivity index (χ3v) is 3.69. The number of esters is 1. The highest BCUT2D eigenvalue weighted by molar-refractivity contribution is 5.87. The highest BCUT2D eigenvalue weighted by atomic mass is 16.6. The molecule has 0 aliphatic carbocycles. The highest BCUT2D eigenvalue weighted by Gasteiger charge is 2.30. The van der Waals surface area contributed by atoms with Gasteiger partial charge < -0.3 is 14.8 Å². The average Bonchev–Trinajstić information content (AvgIpc) is 2.78. The van der Waals surface area contributed by atoms with Crippen molar-refractivity contribution in [1.29, 1.82) is 0 Å². The molecule has 0 spiro atoms. The van der Waals surface area contributed by atoms with Crippen LogP contribution in [0.4, 0.5) is 4.79 Å². The molecule has 1 aliphatic heterocycles. The molecule has 1 amide bonds. The molecular formula is C17H25N3O4. The minimum absolute atomic E-state index is 0.144. The van der Waals surface area contributed by atoms with Crippen molar-refractivity contribution in [1.82, 2.24) is 15.2 Å². The van der Waals surface area contributed by atoms with Gasteiger partial charge in [0.15, 0.2) is 0 Å². The maximum Gasteiger partial charge on any atom is 0.410 e. The summed E-state index contributed by atoms with van der Waals surface area (Å²) in [6.45, 7) is 7.61. The predicted octanol–water partition coefficient (Wildman–Crippen LogP) is 2.14. The summed E-state index contributed by atoms with van der Waals surface area (Å²) in [7, 11) is 1.32. The Labute approximate surface area is 142 Å². The lowest BCUT2D eigenvalue weighted by atomic mass is 10.0. The van der Waals surface area contributed by atoms with Crippen LogP contribution in [0.5, 0.6) is 0 Å². The lowest BCUT2D eigenvalue weighted by Gasteiger charge is -2.32. The minimum atomic E-state index is -0.547. The predicted molar refractivity (Wildman–Crippen MR) is 88.7 cm³/mol. The zero-order chi connectivity index (χ0) is 17.7. The van der Waals surface area contributed by atoms with Crippen LogP contribution in [0.25, 0.3) is 0 Å². The van der Waals surface area contributed by atoms with Crippen LogP contribution in [-0.2, 0) is 9.47 Å². The number of nitrogens with zero attached hydrogens (tertiary/aromatic N) is 2. The molecule has 7 nitrogen and oxygen atoms in total. The van der Waals surface area contributed by atoms with Crippen molar-refractivity contribution in [2.24, 2.45) is 0 Å². The van der Waals surface area contributed by atoms with Gasteiger partial charge in [0.1, 0.15) is 11.3 Å². The van der Waals surface area contributed by atoms with Crippen LogP contribution in [0.15, 0.2) is 18.3 Å². The molecule has 132 valence electrons. The molecule has 1 N–H and O–H groups in total. The first-order valence-corrected chi connectivity index (χ1v) is 8.06. The Hall–Kier alpha value is -2.15. The fraction of sp³-hybridized carbons (Fsp3) is 0.588. The summed E-state index contributed by atoms with van der Waals surface area (Å²) >= 11 is 0. The molecule has 1 unspecified atom stereocenters. The van der Waals surface area contributed by atoms with E-state index < -0.39 is 11.6 Å². The van der Waals surface area contributed by atoms with E-state index >= 15 is 0 Å². The van der Waals surface area contributed by atoms with Crippen LogP contribution in [-0.4, -0.2) is 54.3 Å². The summed E-state index contributed by atoms with van der Waals surface area (Å²) in [5.74, 6) is -0.479. The van der Waals surface area contributed by atoms with Crippen molar-refractivity contribution in [3.63, 3.8) is 0 Å². The van der Waals surface area contributed by atoms with Gasteiger partial charge in [-0.1, -0.05) is 6.07 Å². The summed E-state index contributed by atoms with van der Waals surface area (Å²) in [6.07, 6.45) is 2.03. The number of amides is 1. The molecule has 2 heterocycles. The van der Waals surface area contributed by atoms with Gasteiger partial charge in [0, 0.05) is 19.3 Å². The first-order valence-electron chi connectivity index (χ1n) is 8.06. The molecule has 0 radical (unpaired) electrons. The van der Waals surface area contributed by atoms with Gasteiger partial charge in [-0.15, -0.1) is 0 Å². The number of pyridine rings is 1. The number of hydrogen-bond donors (Lipinski definition) is 1. The topological polar surface area (TPSA) is 80.8 Å². The second kappa shape index (κ2) is 7.61. The van der Waals surface area contributed by atoms with E-state index in [0.717, 1.165) is 18.5 Å². The van der Waals surface area contributed by atoms with Crippen molar-refractivity contribution in [2.45, 2.75) is 38.8 Å². The first-order chi connectivity index (χ1) is 11.3. The van der Waals surface area contributed by atoms with E-state index in [-0.39, 0.29) is 17.8 Å². The van der Waals surface area contributed by atoms with Gasteiger partial charge >= 0.3 is 12.1 Å². The fourth-order valence-electron chi connectivity index (χ4n) is 2.59. The quantitative estimate of drug-likeness (QED) is 0.834. The normalized spacial score (nSPS) is 18.7. The second-order valence-corrected chi connectivity index (χ2v) is 6.70. The maximum atomic E-state index is 12.6. The minimum Gasteiger partial charge on any atom is -0.464 e. The van der Waals surface area contributed by atoms with Gasteiger partial charge in [0.25, 0.3) is 0 Å². The van der Waals surface area contributed by atoms with Gasteiger partial charge in [-0.05, 0) is 45.4 Å². The van der Waals surface area contributed by atoms with Crippen molar-refractivity contribution in [2.75, 3.05) is 26.7 Å². The maximum absolute atomic E-state index is 12.6. The Morgan fingerprint density at radius 3 is 2.62 bits per heavy atom. The van der Waals surface area contributed by atoms with Gasteiger partial charge in [-0.25, -0.2) is 14.6 Å². The molecule has 1 aromatic heterocycles. The van der Waals surface area contributed by atoms with E-state index in [1.165, 1.54) is 7.11 Å². The van der Waals surface area contributed by atoms with Crippen LogP contribution in [0, 0.1) is 0 Å². The SMILES string of the molecule is COC(=O)c1ccc(C2CCNCCN2C(=O)OC(C)(C)C)cn1. The molecule has 2 rings (SSSR count). The molecule has 1 aromatic rings. The molecule has 0 bridgehead atoms. The molecule has 24 heavy (non-hydrogen) atoms. The van der Waals surface area contributed by atoms with Gasteiger partial charge in [0.2, 0.25) is 0 Å². The molecule has 0 aromatic carbocycles. The average molecular weight is 335 g/mol.